The second-order valence-corrected chi connectivity index (χ2v) is 5.42. The van der Waals surface area contributed by atoms with Crippen molar-refractivity contribution in [3.63, 3.8) is 0 Å². The van der Waals surface area contributed by atoms with E-state index < -0.39 is 5.54 Å². The van der Waals surface area contributed by atoms with Crippen molar-refractivity contribution in [3.8, 4) is 0 Å². The Morgan fingerprint density at radius 1 is 1.47 bits per heavy atom. The van der Waals surface area contributed by atoms with Crippen LogP contribution in [0.5, 0.6) is 0 Å². The minimum Gasteiger partial charge on any atom is -0.349 e. The van der Waals surface area contributed by atoms with Gasteiger partial charge in [0.1, 0.15) is 0 Å². The van der Waals surface area contributed by atoms with Crippen LogP contribution in [0.25, 0.3) is 0 Å². The number of hydrogen-bond donors (Lipinski definition) is 3. The zero-order valence-electron chi connectivity index (χ0n) is 9.62. The molecule has 0 saturated heterocycles. The number of H-pyrrole nitrogens is 1. The van der Waals surface area contributed by atoms with Gasteiger partial charge in [0.25, 0.3) is 0 Å². The van der Waals surface area contributed by atoms with Crippen molar-refractivity contribution in [1.29, 1.82) is 0 Å². The van der Waals surface area contributed by atoms with Crippen LogP contribution in [0.4, 0.5) is 0 Å². The number of hydrogen-bond acceptors (Lipinski definition) is 4. The Kier molecular flexibility index (Phi) is 3.63. The summed E-state index contributed by atoms with van der Waals surface area (Å²) in [5.41, 5.74) is 6.11. The van der Waals surface area contributed by atoms with Crippen LogP contribution in [-0.2, 0) is 11.3 Å². The Balaban J connectivity index is 1.90. The van der Waals surface area contributed by atoms with Gasteiger partial charge in [0.2, 0.25) is 5.91 Å². The Bertz CT molecular complexity index is 446. The van der Waals surface area contributed by atoms with Crippen LogP contribution in [0.2, 0.25) is 0 Å². The van der Waals surface area contributed by atoms with Gasteiger partial charge in [-0.3, -0.25) is 9.59 Å². The summed E-state index contributed by atoms with van der Waals surface area (Å²) in [5, 5.41) is 4.51. The molecule has 1 amide bonds. The van der Waals surface area contributed by atoms with E-state index in [1.807, 2.05) is 0 Å². The number of amides is 1. The van der Waals surface area contributed by atoms with Crippen LogP contribution < -0.4 is 15.9 Å². The topological polar surface area (TPSA) is 88.0 Å². The molecule has 1 aromatic heterocycles. The molecular weight excluding hydrogens is 238 g/mol. The van der Waals surface area contributed by atoms with E-state index >= 15 is 0 Å². The lowest BCUT2D eigenvalue weighted by atomic mass is 9.82. The molecule has 1 saturated carbocycles. The largest absolute Gasteiger partial charge is 0.349 e. The van der Waals surface area contributed by atoms with E-state index in [2.05, 4.69) is 10.3 Å². The number of rotatable bonds is 3. The average Bonchev–Trinajstić information content (AvgIpc) is 2.73. The van der Waals surface area contributed by atoms with Crippen molar-refractivity contribution in [3.05, 3.63) is 20.7 Å². The first kappa shape index (κ1) is 12.3. The minimum atomic E-state index is -0.714. The molecule has 94 valence electrons. The third kappa shape index (κ3) is 2.95. The highest BCUT2D eigenvalue weighted by molar-refractivity contribution is 7.07. The van der Waals surface area contributed by atoms with Crippen LogP contribution in [0, 0.1) is 0 Å². The van der Waals surface area contributed by atoms with Gasteiger partial charge in [0.15, 0.2) is 0 Å². The van der Waals surface area contributed by atoms with Gasteiger partial charge in [-0.15, -0.1) is 0 Å². The molecule has 4 N–H and O–H groups in total. The summed E-state index contributed by atoms with van der Waals surface area (Å²) in [5.74, 6) is -0.107. The third-order valence-electron chi connectivity index (χ3n) is 3.21. The molecule has 1 aromatic rings. The summed E-state index contributed by atoms with van der Waals surface area (Å²) < 4.78 is 0. The van der Waals surface area contributed by atoms with Gasteiger partial charge in [0.05, 0.1) is 12.1 Å². The second kappa shape index (κ2) is 5.01. The number of aromatic nitrogens is 1. The lowest BCUT2D eigenvalue weighted by Gasteiger charge is -2.31. The average molecular weight is 255 g/mol. The van der Waals surface area contributed by atoms with E-state index in [1.165, 1.54) is 0 Å². The Hall–Kier alpha value is -1.14. The molecule has 0 spiro atoms. The predicted octanol–water partition coefficient (Wildman–Crippen LogP) is 0.714. The van der Waals surface area contributed by atoms with Crippen molar-refractivity contribution in [2.45, 2.75) is 44.2 Å². The van der Waals surface area contributed by atoms with Gasteiger partial charge < -0.3 is 16.0 Å². The van der Waals surface area contributed by atoms with Crippen LogP contribution in [0.3, 0.4) is 0 Å². The van der Waals surface area contributed by atoms with Gasteiger partial charge in [-0.05, 0) is 12.8 Å². The zero-order valence-corrected chi connectivity index (χ0v) is 10.4. The Morgan fingerprint density at radius 2 is 2.18 bits per heavy atom. The molecule has 0 bridgehead atoms. The Labute approximate surface area is 103 Å². The molecule has 0 atom stereocenters. The molecule has 0 radical (unpaired) electrons. The van der Waals surface area contributed by atoms with Crippen molar-refractivity contribution >= 4 is 17.2 Å². The molecule has 5 nitrogen and oxygen atoms in total. The predicted molar refractivity (Wildman–Crippen MR) is 66.8 cm³/mol. The van der Waals surface area contributed by atoms with Crippen molar-refractivity contribution in [2.75, 3.05) is 0 Å². The highest BCUT2D eigenvalue weighted by Crippen LogP contribution is 2.25. The lowest BCUT2D eigenvalue weighted by Crippen LogP contribution is -2.54. The molecule has 1 fully saturated rings. The molecular formula is C11H17N3O2S. The fourth-order valence-corrected chi connectivity index (χ4v) is 2.74. The first-order valence-electron chi connectivity index (χ1n) is 5.84. The molecule has 0 aliphatic heterocycles. The van der Waals surface area contributed by atoms with E-state index in [9.17, 15) is 9.59 Å². The Morgan fingerprint density at radius 3 is 2.76 bits per heavy atom. The number of carbonyl (C=O) groups excluding carboxylic acids is 1. The summed E-state index contributed by atoms with van der Waals surface area (Å²) in [6.45, 7) is 0.344. The third-order valence-corrected chi connectivity index (χ3v) is 3.93. The number of carbonyl (C=O) groups is 1. The number of nitrogens with one attached hydrogen (secondary N) is 2. The summed E-state index contributed by atoms with van der Waals surface area (Å²) >= 11 is 1.10. The van der Waals surface area contributed by atoms with Crippen molar-refractivity contribution < 1.29 is 4.79 Å². The van der Waals surface area contributed by atoms with Gasteiger partial charge in [0, 0.05) is 11.1 Å². The van der Waals surface area contributed by atoms with Gasteiger partial charge in [-0.25, -0.2) is 0 Å². The van der Waals surface area contributed by atoms with Crippen molar-refractivity contribution in [2.24, 2.45) is 5.73 Å². The van der Waals surface area contributed by atoms with Crippen molar-refractivity contribution in [1.82, 2.24) is 10.3 Å². The molecule has 1 heterocycles. The maximum Gasteiger partial charge on any atom is 0.304 e. The van der Waals surface area contributed by atoms with E-state index in [-0.39, 0.29) is 10.8 Å². The number of nitrogens with two attached hydrogens (primary N) is 1. The van der Waals surface area contributed by atoms with E-state index in [0.717, 1.165) is 49.1 Å². The van der Waals surface area contributed by atoms with Gasteiger partial charge in [-0.1, -0.05) is 30.6 Å². The lowest BCUT2D eigenvalue weighted by molar-refractivity contribution is -0.127. The number of aromatic amines is 1. The van der Waals surface area contributed by atoms with E-state index in [0.29, 0.717) is 6.54 Å². The highest BCUT2D eigenvalue weighted by Gasteiger charge is 2.34. The molecule has 1 aliphatic rings. The first-order chi connectivity index (χ1) is 8.10. The molecule has 2 rings (SSSR count). The quantitative estimate of drug-likeness (QED) is 0.743. The highest BCUT2D eigenvalue weighted by atomic mass is 32.1. The van der Waals surface area contributed by atoms with Crippen LogP contribution in [-0.4, -0.2) is 16.4 Å². The molecule has 1 aliphatic carbocycles. The fraction of sp³-hybridized carbons (Fsp3) is 0.636. The minimum absolute atomic E-state index is 0.102. The molecule has 17 heavy (non-hydrogen) atoms. The first-order valence-corrected chi connectivity index (χ1v) is 6.72. The molecule has 0 aromatic carbocycles. The summed E-state index contributed by atoms with van der Waals surface area (Å²) in [4.78, 5) is 25.5. The van der Waals surface area contributed by atoms with Crippen LogP contribution in [0.15, 0.2) is 10.2 Å². The molecule has 6 heteroatoms. The smallest absolute Gasteiger partial charge is 0.304 e. The standard InChI is InChI=1S/C11H17N3O2S/c12-11(4-2-1-3-5-11)9(15)13-6-8-7-17-10(16)14-8/h7H,1-6,12H2,(H,13,15)(H,14,16). The monoisotopic (exact) mass is 255 g/mol. The maximum absolute atomic E-state index is 12.0. The molecule has 0 unspecified atom stereocenters. The van der Waals surface area contributed by atoms with Crippen LogP contribution in [0.1, 0.15) is 37.8 Å². The van der Waals surface area contributed by atoms with E-state index in [4.69, 9.17) is 5.73 Å². The normalized spacial score (nSPS) is 18.9. The zero-order chi connectivity index (χ0) is 12.3. The summed E-state index contributed by atoms with van der Waals surface area (Å²) in [6.07, 6.45) is 4.68. The number of thiazole rings is 1. The second-order valence-electron chi connectivity index (χ2n) is 4.57. The summed E-state index contributed by atoms with van der Waals surface area (Å²) in [7, 11) is 0. The van der Waals surface area contributed by atoms with E-state index in [1.54, 1.807) is 5.38 Å². The maximum atomic E-state index is 12.0. The summed E-state index contributed by atoms with van der Waals surface area (Å²) in [6, 6.07) is 0. The SMILES string of the molecule is NC1(C(=O)NCc2csc(=O)[nH]2)CCCCC1. The fourth-order valence-electron chi connectivity index (χ4n) is 2.16. The van der Waals surface area contributed by atoms with Gasteiger partial charge >= 0.3 is 4.87 Å². The van der Waals surface area contributed by atoms with Gasteiger partial charge in [-0.2, -0.15) is 0 Å². The van der Waals surface area contributed by atoms with Crippen LogP contribution >= 0.6 is 11.3 Å².